The maximum Gasteiger partial charge on any atom is 0.263 e. The molecule has 1 saturated heterocycles. The normalized spacial score (nSPS) is 17.1. The lowest BCUT2D eigenvalue weighted by atomic mass is 9.87. The molecule has 152 valence electrons. The lowest BCUT2D eigenvalue weighted by Gasteiger charge is -2.19. The molecule has 4 rings (SSSR count). The van der Waals surface area contributed by atoms with Crippen molar-refractivity contribution in [2.45, 2.75) is 62.6 Å². The van der Waals surface area contributed by atoms with Crippen molar-refractivity contribution in [2.24, 2.45) is 0 Å². The van der Waals surface area contributed by atoms with E-state index in [0.29, 0.717) is 22.7 Å². The topological polar surface area (TPSA) is 57.0 Å². The van der Waals surface area contributed by atoms with Crippen LogP contribution in [0.15, 0.2) is 52.5 Å². The van der Waals surface area contributed by atoms with E-state index in [1.807, 2.05) is 0 Å². The van der Waals surface area contributed by atoms with Crippen LogP contribution in [0.2, 0.25) is 0 Å². The predicted molar refractivity (Wildman–Crippen MR) is 117 cm³/mol. The molecular weight excluding hydrogens is 382 g/mol. The minimum absolute atomic E-state index is 0.0378. The number of aromatic nitrogens is 3. The Balaban J connectivity index is 1.62. The van der Waals surface area contributed by atoms with Gasteiger partial charge in [0.1, 0.15) is 0 Å². The molecule has 0 spiro atoms. The fourth-order valence-electron chi connectivity index (χ4n) is 3.55. The highest BCUT2D eigenvalue weighted by atomic mass is 32.2. The van der Waals surface area contributed by atoms with E-state index < -0.39 is 0 Å². The molecule has 1 aliphatic heterocycles. The Morgan fingerprint density at radius 2 is 2.00 bits per heavy atom. The molecule has 0 N–H and O–H groups in total. The summed E-state index contributed by atoms with van der Waals surface area (Å²) in [5.41, 5.74) is 3.13. The van der Waals surface area contributed by atoms with Crippen molar-refractivity contribution in [1.29, 1.82) is 0 Å². The van der Waals surface area contributed by atoms with Crippen LogP contribution in [-0.2, 0) is 22.4 Å². The number of benzene rings is 1. The maximum absolute atomic E-state index is 13.1. The zero-order valence-electron chi connectivity index (χ0n) is 17.2. The van der Waals surface area contributed by atoms with E-state index in [2.05, 4.69) is 50.0 Å². The Morgan fingerprint density at radius 1 is 1.21 bits per heavy atom. The van der Waals surface area contributed by atoms with E-state index in [1.165, 1.54) is 11.1 Å². The SMILES string of the molecule is CC(C)(C)c1ccc(CSc2nc3ncccc3c(=O)n2CC2CCCO2)cc1. The van der Waals surface area contributed by atoms with Crippen molar-refractivity contribution in [3.63, 3.8) is 0 Å². The first-order chi connectivity index (χ1) is 13.9. The number of hydrogen-bond acceptors (Lipinski definition) is 5. The number of hydrogen-bond donors (Lipinski definition) is 0. The molecule has 1 aromatic carbocycles. The summed E-state index contributed by atoms with van der Waals surface area (Å²) in [6.07, 6.45) is 3.79. The number of nitrogens with zero attached hydrogens (tertiary/aromatic N) is 3. The zero-order valence-corrected chi connectivity index (χ0v) is 18.0. The third-order valence-electron chi connectivity index (χ3n) is 5.29. The second-order valence-corrected chi connectivity index (χ2v) is 9.50. The average Bonchev–Trinajstić information content (AvgIpc) is 3.22. The summed E-state index contributed by atoms with van der Waals surface area (Å²) < 4.78 is 7.55. The van der Waals surface area contributed by atoms with Crippen LogP contribution in [0.3, 0.4) is 0 Å². The molecule has 0 bridgehead atoms. The smallest absolute Gasteiger partial charge is 0.263 e. The minimum Gasteiger partial charge on any atom is -0.376 e. The largest absolute Gasteiger partial charge is 0.376 e. The van der Waals surface area contributed by atoms with Gasteiger partial charge in [-0.25, -0.2) is 9.97 Å². The average molecular weight is 410 g/mol. The standard InChI is InChI=1S/C23H27N3O2S/c1-23(2,3)17-10-8-16(9-11-17)15-29-22-25-20-19(7-4-12-24-20)21(27)26(22)14-18-6-5-13-28-18/h4,7-12,18H,5-6,13-15H2,1-3H3. The lowest BCUT2D eigenvalue weighted by molar-refractivity contribution is 0.0937. The van der Waals surface area contributed by atoms with E-state index in [0.717, 1.165) is 25.2 Å². The summed E-state index contributed by atoms with van der Waals surface area (Å²) in [7, 11) is 0. The molecule has 3 heterocycles. The molecule has 6 heteroatoms. The summed E-state index contributed by atoms with van der Waals surface area (Å²) >= 11 is 1.58. The van der Waals surface area contributed by atoms with Gasteiger partial charge in [0, 0.05) is 18.6 Å². The Labute approximate surface area is 175 Å². The van der Waals surface area contributed by atoms with Crippen molar-refractivity contribution in [3.05, 3.63) is 64.1 Å². The number of rotatable bonds is 5. The van der Waals surface area contributed by atoms with E-state index in [-0.39, 0.29) is 17.1 Å². The number of thioether (sulfide) groups is 1. The summed E-state index contributed by atoms with van der Waals surface area (Å²) in [5.74, 6) is 0.751. The second-order valence-electron chi connectivity index (χ2n) is 8.56. The van der Waals surface area contributed by atoms with Crippen LogP contribution in [0.25, 0.3) is 11.0 Å². The summed E-state index contributed by atoms with van der Waals surface area (Å²) in [6.45, 7) is 7.96. The van der Waals surface area contributed by atoms with E-state index in [9.17, 15) is 4.79 Å². The van der Waals surface area contributed by atoms with E-state index in [1.54, 1.807) is 34.7 Å². The van der Waals surface area contributed by atoms with Gasteiger partial charge < -0.3 is 4.74 Å². The van der Waals surface area contributed by atoms with Crippen LogP contribution in [0.1, 0.15) is 44.7 Å². The van der Waals surface area contributed by atoms with E-state index >= 15 is 0 Å². The third kappa shape index (κ3) is 4.54. The second kappa shape index (κ2) is 8.28. The number of ether oxygens (including phenoxy) is 1. The van der Waals surface area contributed by atoms with Crippen LogP contribution >= 0.6 is 11.8 Å². The van der Waals surface area contributed by atoms with Gasteiger partial charge in [0.15, 0.2) is 10.8 Å². The van der Waals surface area contributed by atoms with Crippen LogP contribution in [-0.4, -0.2) is 27.2 Å². The van der Waals surface area contributed by atoms with E-state index in [4.69, 9.17) is 9.72 Å². The first-order valence-corrected chi connectivity index (χ1v) is 11.1. The van der Waals surface area contributed by atoms with Crippen molar-refractivity contribution in [1.82, 2.24) is 14.5 Å². The fourth-order valence-corrected chi connectivity index (χ4v) is 4.50. The van der Waals surface area contributed by atoms with Crippen molar-refractivity contribution in [2.75, 3.05) is 6.61 Å². The first-order valence-electron chi connectivity index (χ1n) is 10.1. The predicted octanol–water partition coefficient (Wildman–Crippen LogP) is 4.56. The van der Waals surface area contributed by atoms with Gasteiger partial charge >= 0.3 is 0 Å². The van der Waals surface area contributed by atoms with Gasteiger partial charge in [-0.15, -0.1) is 0 Å². The van der Waals surface area contributed by atoms with Gasteiger partial charge in [-0.05, 0) is 41.5 Å². The molecule has 0 amide bonds. The quantitative estimate of drug-likeness (QED) is 0.457. The molecule has 5 nitrogen and oxygen atoms in total. The highest BCUT2D eigenvalue weighted by Gasteiger charge is 2.20. The van der Waals surface area contributed by atoms with Gasteiger partial charge in [0.25, 0.3) is 5.56 Å². The first kappa shape index (κ1) is 20.1. The maximum atomic E-state index is 13.1. The molecule has 1 unspecified atom stereocenters. The Bertz CT molecular complexity index is 1050. The summed E-state index contributed by atoms with van der Waals surface area (Å²) in [5, 5.41) is 1.26. The van der Waals surface area contributed by atoms with Crippen LogP contribution in [0.5, 0.6) is 0 Å². The van der Waals surface area contributed by atoms with Crippen molar-refractivity contribution < 1.29 is 4.74 Å². The Hall–Kier alpha value is -2.18. The van der Waals surface area contributed by atoms with Gasteiger partial charge in [-0.1, -0.05) is 56.8 Å². The molecule has 2 aromatic heterocycles. The fraction of sp³-hybridized carbons (Fsp3) is 0.435. The van der Waals surface area contributed by atoms with Gasteiger partial charge in [0.2, 0.25) is 0 Å². The molecule has 1 atom stereocenters. The monoisotopic (exact) mass is 409 g/mol. The van der Waals surface area contributed by atoms with Crippen LogP contribution < -0.4 is 5.56 Å². The van der Waals surface area contributed by atoms with Crippen LogP contribution in [0.4, 0.5) is 0 Å². The molecule has 1 fully saturated rings. The molecule has 3 aromatic rings. The summed E-state index contributed by atoms with van der Waals surface area (Å²) in [4.78, 5) is 22.1. The molecular formula is C23H27N3O2S. The molecule has 1 aliphatic rings. The zero-order chi connectivity index (χ0) is 20.4. The Kier molecular flexibility index (Phi) is 5.74. The third-order valence-corrected chi connectivity index (χ3v) is 6.34. The van der Waals surface area contributed by atoms with Gasteiger partial charge in [-0.2, -0.15) is 0 Å². The highest BCUT2D eigenvalue weighted by molar-refractivity contribution is 7.98. The van der Waals surface area contributed by atoms with Crippen molar-refractivity contribution in [3.8, 4) is 0 Å². The summed E-state index contributed by atoms with van der Waals surface area (Å²) in [6, 6.07) is 12.3. The van der Waals surface area contributed by atoms with Crippen LogP contribution in [0, 0.1) is 0 Å². The molecule has 0 aliphatic carbocycles. The number of fused-ring (bicyclic) bond motifs is 1. The molecule has 0 saturated carbocycles. The highest BCUT2D eigenvalue weighted by Crippen LogP contribution is 2.26. The Morgan fingerprint density at radius 3 is 2.69 bits per heavy atom. The molecule has 0 radical (unpaired) electrons. The van der Waals surface area contributed by atoms with Crippen molar-refractivity contribution >= 4 is 22.8 Å². The number of pyridine rings is 1. The minimum atomic E-state index is -0.0378. The van der Waals surface area contributed by atoms with Gasteiger partial charge in [0.05, 0.1) is 18.0 Å². The molecule has 29 heavy (non-hydrogen) atoms. The lowest BCUT2D eigenvalue weighted by Crippen LogP contribution is -2.29. The van der Waals surface area contributed by atoms with Gasteiger partial charge in [-0.3, -0.25) is 9.36 Å².